The molecule has 0 saturated heterocycles. The highest BCUT2D eigenvalue weighted by Gasteiger charge is 2.51. The smallest absolute Gasteiger partial charge is 0.272 e. The minimum atomic E-state index is -0.158. The maximum absolute atomic E-state index is 12.6. The summed E-state index contributed by atoms with van der Waals surface area (Å²) in [5.74, 6) is 2.27. The molecule has 1 heterocycles. The van der Waals surface area contributed by atoms with Crippen molar-refractivity contribution in [2.75, 3.05) is 0 Å². The Kier molecular flexibility index (Phi) is 3.13. The van der Waals surface area contributed by atoms with Crippen LogP contribution in [0.2, 0.25) is 0 Å². The number of carbonyl (C=O) groups excluding carboxylic acids is 1. The molecule has 4 saturated carbocycles. The van der Waals surface area contributed by atoms with Crippen molar-refractivity contribution in [3.63, 3.8) is 0 Å². The van der Waals surface area contributed by atoms with Gasteiger partial charge in [0.15, 0.2) is 0 Å². The highest BCUT2D eigenvalue weighted by Crippen LogP contribution is 2.55. The Morgan fingerprint density at radius 2 is 1.82 bits per heavy atom. The van der Waals surface area contributed by atoms with Crippen LogP contribution in [-0.4, -0.2) is 21.2 Å². The van der Waals surface area contributed by atoms with Gasteiger partial charge in [-0.2, -0.15) is 5.10 Å². The molecule has 5 heteroatoms. The third-order valence-corrected chi connectivity index (χ3v) is 5.82. The first-order valence-corrected chi connectivity index (χ1v) is 8.47. The van der Waals surface area contributed by atoms with Crippen LogP contribution in [0.4, 0.5) is 0 Å². The van der Waals surface area contributed by atoms with Crippen molar-refractivity contribution in [2.45, 2.75) is 57.5 Å². The molecule has 4 bridgehead atoms. The van der Waals surface area contributed by atoms with Gasteiger partial charge in [-0.1, -0.05) is 0 Å². The molecule has 0 aromatic carbocycles. The Balaban J connectivity index is 1.56. The molecule has 0 unspecified atom stereocenters. The number of aryl methyl sites for hydroxylation is 1. The van der Waals surface area contributed by atoms with E-state index in [0.717, 1.165) is 37.0 Å². The van der Waals surface area contributed by atoms with E-state index in [9.17, 15) is 9.59 Å². The summed E-state index contributed by atoms with van der Waals surface area (Å²) in [5.41, 5.74) is 0.187. The number of aromatic nitrogens is 2. The number of hydrogen-bond donors (Lipinski definition) is 1. The van der Waals surface area contributed by atoms with Gasteiger partial charge in [0.05, 0.1) is 0 Å². The molecule has 0 aliphatic heterocycles. The van der Waals surface area contributed by atoms with Crippen LogP contribution in [0.1, 0.15) is 55.9 Å². The first kappa shape index (κ1) is 14.0. The molecule has 1 N–H and O–H groups in total. The van der Waals surface area contributed by atoms with E-state index < -0.39 is 0 Å². The van der Waals surface area contributed by atoms with Crippen molar-refractivity contribution in [1.82, 2.24) is 15.1 Å². The zero-order valence-corrected chi connectivity index (χ0v) is 13.0. The number of hydrogen-bond acceptors (Lipinski definition) is 3. The molecule has 4 aliphatic rings. The zero-order valence-electron chi connectivity index (χ0n) is 13.0. The predicted molar refractivity (Wildman–Crippen MR) is 82.5 cm³/mol. The van der Waals surface area contributed by atoms with Crippen molar-refractivity contribution < 1.29 is 4.79 Å². The molecule has 118 valence electrons. The van der Waals surface area contributed by atoms with Gasteiger partial charge in [0.25, 0.3) is 11.5 Å². The predicted octanol–water partition coefficient (Wildman–Crippen LogP) is 1.96. The van der Waals surface area contributed by atoms with Gasteiger partial charge in [-0.25, -0.2) is 4.68 Å². The van der Waals surface area contributed by atoms with Crippen LogP contribution in [0.5, 0.6) is 0 Å². The van der Waals surface area contributed by atoms with Gasteiger partial charge in [-0.15, -0.1) is 0 Å². The van der Waals surface area contributed by atoms with Gasteiger partial charge in [0.2, 0.25) is 0 Å². The second-order valence-electron chi connectivity index (χ2n) is 7.52. The lowest BCUT2D eigenvalue weighted by atomic mass is 9.53. The maximum atomic E-state index is 12.6. The molecule has 5 nitrogen and oxygen atoms in total. The topological polar surface area (TPSA) is 64.0 Å². The van der Waals surface area contributed by atoms with E-state index in [0.29, 0.717) is 12.2 Å². The molecule has 5 rings (SSSR count). The summed E-state index contributed by atoms with van der Waals surface area (Å²) in [6.07, 6.45) is 7.44. The maximum Gasteiger partial charge on any atom is 0.272 e. The van der Waals surface area contributed by atoms with Crippen LogP contribution >= 0.6 is 0 Å². The van der Waals surface area contributed by atoms with Crippen LogP contribution in [-0.2, 0) is 6.54 Å². The average molecular weight is 301 g/mol. The van der Waals surface area contributed by atoms with Crippen LogP contribution in [0.25, 0.3) is 0 Å². The lowest BCUT2D eigenvalue weighted by molar-refractivity contribution is -0.0168. The standard InChI is InChI=1S/C17H23N3O2/c1-2-20-15(21)4-3-14(19-20)16(22)18-17-8-11-5-12(9-17)7-13(6-11)10-17/h3-4,11-13H,2,5-10H2,1H3,(H,18,22). The first-order chi connectivity index (χ1) is 10.6. The summed E-state index contributed by atoms with van der Waals surface area (Å²) in [4.78, 5) is 24.2. The van der Waals surface area contributed by atoms with Crippen LogP contribution < -0.4 is 10.9 Å². The number of carbonyl (C=O) groups is 1. The van der Waals surface area contributed by atoms with E-state index in [1.807, 2.05) is 6.92 Å². The minimum Gasteiger partial charge on any atom is -0.345 e. The highest BCUT2D eigenvalue weighted by atomic mass is 16.2. The minimum absolute atomic E-state index is 0.0132. The molecule has 22 heavy (non-hydrogen) atoms. The molecule has 4 fully saturated rings. The Labute approximate surface area is 130 Å². The van der Waals surface area contributed by atoms with Gasteiger partial charge in [0.1, 0.15) is 5.69 Å². The second-order valence-corrected chi connectivity index (χ2v) is 7.52. The van der Waals surface area contributed by atoms with Crippen molar-refractivity contribution in [3.05, 3.63) is 28.2 Å². The zero-order chi connectivity index (χ0) is 15.3. The summed E-state index contributed by atoms with van der Waals surface area (Å²) < 4.78 is 1.34. The van der Waals surface area contributed by atoms with Gasteiger partial charge in [-0.05, 0) is 69.3 Å². The Morgan fingerprint density at radius 1 is 1.23 bits per heavy atom. The Morgan fingerprint density at radius 3 is 2.36 bits per heavy atom. The molecule has 1 aromatic heterocycles. The molecule has 1 aromatic rings. The van der Waals surface area contributed by atoms with Crippen LogP contribution in [0, 0.1) is 17.8 Å². The summed E-state index contributed by atoms with van der Waals surface area (Å²) in [5, 5.41) is 7.48. The summed E-state index contributed by atoms with van der Waals surface area (Å²) in [6.45, 7) is 2.34. The largest absolute Gasteiger partial charge is 0.345 e. The van der Waals surface area contributed by atoms with Crippen LogP contribution in [0.3, 0.4) is 0 Å². The average Bonchev–Trinajstić information content (AvgIpc) is 2.45. The van der Waals surface area contributed by atoms with E-state index in [2.05, 4.69) is 10.4 Å². The van der Waals surface area contributed by atoms with Gasteiger partial charge in [0, 0.05) is 18.2 Å². The van der Waals surface area contributed by atoms with Gasteiger partial charge in [-0.3, -0.25) is 9.59 Å². The number of amides is 1. The number of nitrogens with one attached hydrogen (secondary N) is 1. The lowest BCUT2D eigenvalue weighted by Gasteiger charge is -2.56. The SMILES string of the molecule is CCn1nc(C(=O)NC23CC4CC(CC(C4)C2)C3)ccc1=O. The van der Waals surface area contributed by atoms with E-state index in [-0.39, 0.29) is 17.0 Å². The summed E-state index contributed by atoms with van der Waals surface area (Å²) in [6, 6.07) is 2.98. The summed E-state index contributed by atoms with van der Waals surface area (Å²) in [7, 11) is 0. The number of rotatable bonds is 3. The third kappa shape index (κ3) is 2.27. The normalized spacial score (nSPS) is 35.6. The van der Waals surface area contributed by atoms with Crippen LogP contribution in [0.15, 0.2) is 16.9 Å². The highest BCUT2D eigenvalue weighted by molar-refractivity contribution is 5.92. The van der Waals surface area contributed by atoms with E-state index >= 15 is 0 Å². The first-order valence-electron chi connectivity index (χ1n) is 8.47. The fraction of sp³-hybridized carbons (Fsp3) is 0.706. The Hall–Kier alpha value is -1.65. The molecule has 0 atom stereocenters. The van der Waals surface area contributed by atoms with Gasteiger partial charge < -0.3 is 5.32 Å². The molecule has 0 spiro atoms. The van der Waals surface area contributed by atoms with Gasteiger partial charge >= 0.3 is 0 Å². The molecule has 1 amide bonds. The van der Waals surface area contributed by atoms with Crippen molar-refractivity contribution in [2.24, 2.45) is 17.8 Å². The van der Waals surface area contributed by atoms with E-state index in [4.69, 9.17) is 0 Å². The lowest BCUT2D eigenvalue weighted by Crippen LogP contribution is -2.60. The molecular weight excluding hydrogens is 278 g/mol. The molecule has 4 aliphatic carbocycles. The van der Waals surface area contributed by atoms with E-state index in [1.165, 1.54) is 30.0 Å². The third-order valence-electron chi connectivity index (χ3n) is 5.82. The van der Waals surface area contributed by atoms with Crippen molar-refractivity contribution in [1.29, 1.82) is 0 Å². The quantitative estimate of drug-likeness (QED) is 0.928. The molecular formula is C17H23N3O2. The fourth-order valence-corrected chi connectivity index (χ4v) is 5.37. The summed E-state index contributed by atoms with van der Waals surface area (Å²) >= 11 is 0. The fourth-order valence-electron chi connectivity index (χ4n) is 5.37. The second kappa shape index (κ2) is 4.93. The van der Waals surface area contributed by atoms with Crippen molar-refractivity contribution >= 4 is 5.91 Å². The van der Waals surface area contributed by atoms with E-state index in [1.54, 1.807) is 6.07 Å². The van der Waals surface area contributed by atoms with Crippen molar-refractivity contribution in [3.8, 4) is 0 Å². The Bertz CT molecular complexity index is 629. The monoisotopic (exact) mass is 301 g/mol. The molecule has 0 radical (unpaired) electrons. The number of nitrogens with zero attached hydrogens (tertiary/aromatic N) is 2.